The number of aryl methyl sites for hydroxylation is 2. The molecule has 0 spiro atoms. The fourth-order valence-corrected chi connectivity index (χ4v) is 1.80. The molecule has 2 nitrogen and oxygen atoms in total. The summed E-state index contributed by atoms with van der Waals surface area (Å²) in [5.41, 5.74) is 3.94. The minimum absolute atomic E-state index is 0.214. The Morgan fingerprint density at radius 1 is 1.31 bits per heavy atom. The number of nitrogens with one attached hydrogen (secondary N) is 1. The van der Waals surface area contributed by atoms with Crippen molar-refractivity contribution in [3.63, 3.8) is 0 Å². The zero-order valence-electron chi connectivity index (χ0n) is 10.5. The van der Waals surface area contributed by atoms with Gasteiger partial charge in [0.15, 0.2) is 0 Å². The van der Waals surface area contributed by atoms with Gasteiger partial charge in [0.2, 0.25) is 0 Å². The first kappa shape index (κ1) is 13.4. The molecule has 3 heteroatoms. The van der Waals surface area contributed by atoms with Gasteiger partial charge in [-0.1, -0.05) is 18.2 Å². The first-order chi connectivity index (χ1) is 7.50. The third kappa shape index (κ3) is 4.06. The van der Waals surface area contributed by atoms with Crippen LogP contribution in [0, 0.1) is 13.8 Å². The summed E-state index contributed by atoms with van der Waals surface area (Å²) in [7, 11) is -0.739. The topological polar surface area (TPSA) is 29.1 Å². The Balaban J connectivity index is 2.43. The summed E-state index contributed by atoms with van der Waals surface area (Å²) in [5, 5.41) is 3.55. The molecular formula is C13H21NOS. The van der Waals surface area contributed by atoms with Crippen LogP contribution in [0.5, 0.6) is 0 Å². The van der Waals surface area contributed by atoms with Gasteiger partial charge in [0.25, 0.3) is 0 Å². The smallest absolute Gasteiger partial charge is 0.0441 e. The summed E-state index contributed by atoms with van der Waals surface area (Å²) in [6, 6.07) is 6.49. The van der Waals surface area contributed by atoms with Crippen LogP contribution in [0.4, 0.5) is 0 Å². The van der Waals surface area contributed by atoms with E-state index in [2.05, 4.69) is 37.4 Å². The van der Waals surface area contributed by atoms with E-state index in [0.717, 1.165) is 13.1 Å². The van der Waals surface area contributed by atoms with Gasteiger partial charge in [0, 0.05) is 35.4 Å². The Kier molecular flexibility index (Phi) is 5.16. The van der Waals surface area contributed by atoms with Crippen molar-refractivity contribution in [2.24, 2.45) is 0 Å². The molecule has 16 heavy (non-hydrogen) atoms. The molecule has 90 valence electrons. The van der Waals surface area contributed by atoms with Gasteiger partial charge in [-0.25, -0.2) is 0 Å². The molecule has 0 saturated heterocycles. The third-order valence-corrected chi connectivity index (χ3v) is 4.20. The Morgan fingerprint density at radius 2 is 2.00 bits per heavy atom. The minimum atomic E-state index is -0.739. The summed E-state index contributed by atoms with van der Waals surface area (Å²) in [4.78, 5) is 0. The second-order valence-electron chi connectivity index (χ2n) is 4.36. The van der Waals surface area contributed by atoms with E-state index in [-0.39, 0.29) is 5.25 Å². The van der Waals surface area contributed by atoms with Crippen LogP contribution >= 0.6 is 0 Å². The Bertz CT molecular complexity index is 376. The van der Waals surface area contributed by atoms with Gasteiger partial charge >= 0.3 is 0 Å². The van der Waals surface area contributed by atoms with Crippen LogP contribution in [0.1, 0.15) is 23.6 Å². The molecule has 0 aromatic heterocycles. The third-order valence-electron chi connectivity index (χ3n) is 2.90. The van der Waals surface area contributed by atoms with Crippen molar-refractivity contribution in [2.45, 2.75) is 32.6 Å². The molecule has 0 aliphatic rings. The van der Waals surface area contributed by atoms with Crippen molar-refractivity contribution in [1.82, 2.24) is 5.32 Å². The fourth-order valence-electron chi connectivity index (χ4n) is 1.45. The second-order valence-corrected chi connectivity index (χ2v) is 6.16. The molecule has 0 heterocycles. The highest BCUT2D eigenvalue weighted by molar-refractivity contribution is 7.84. The Hall–Kier alpha value is -0.670. The lowest BCUT2D eigenvalue weighted by Gasteiger charge is -2.10. The summed E-state index contributed by atoms with van der Waals surface area (Å²) in [6.07, 6.45) is 1.75. The number of benzene rings is 1. The van der Waals surface area contributed by atoms with Gasteiger partial charge in [-0.15, -0.1) is 0 Å². The first-order valence-electron chi connectivity index (χ1n) is 5.59. The van der Waals surface area contributed by atoms with Crippen LogP contribution < -0.4 is 5.32 Å². The van der Waals surface area contributed by atoms with Gasteiger partial charge in [-0.3, -0.25) is 4.21 Å². The molecule has 0 aliphatic carbocycles. The van der Waals surface area contributed by atoms with Gasteiger partial charge in [0.1, 0.15) is 0 Å². The molecule has 2 atom stereocenters. The molecule has 0 aliphatic heterocycles. The van der Waals surface area contributed by atoms with Crippen molar-refractivity contribution < 1.29 is 4.21 Å². The largest absolute Gasteiger partial charge is 0.311 e. The summed E-state index contributed by atoms with van der Waals surface area (Å²) < 4.78 is 11.2. The maximum atomic E-state index is 11.2. The zero-order chi connectivity index (χ0) is 12.1. The lowest BCUT2D eigenvalue weighted by atomic mass is 10.1. The molecule has 0 saturated carbocycles. The SMILES string of the molecule is Cc1ccc(CNCC(C)S(C)=O)cc1C. The van der Waals surface area contributed by atoms with E-state index in [1.165, 1.54) is 16.7 Å². The maximum Gasteiger partial charge on any atom is 0.0441 e. The Labute approximate surface area is 101 Å². The predicted octanol–water partition coefficient (Wildman–Crippen LogP) is 2.16. The molecule has 1 rings (SSSR count). The van der Waals surface area contributed by atoms with Gasteiger partial charge in [-0.2, -0.15) is 0 Å². The highest BCUT2D eigenvalue weighted by atomic mass is 32.2. The van der Waals surface area contributed by atoms with Crippen LogP contribution in [0.3, 0.4) is 0 Å². The monoisotopic (exact) mass is 239 g/mol. The molecule has 1 aromatic carbocycles. The quantitative estimate of drug-likeness (QED) is 0.853. The molecule has 0 radical (unpaired) electrons. The summed E-state index contributed by atoms with van der Waals surface area (Å²) in [5.74, 6) is 0. The average Bonchev–Trinajstić information content (AvgIpc) is 2.23. The van der Waals surface area contributed by atoms with E-state index in [4.69, 9.17) is 0 Å². The zero-order valence-corrected chi connectivity index (χ0v) is 11.4. The van der Waals surface area contributed by atoms with Crippen LogP contribution in [0.25, 0.3) is 0 Å². The molecule has 0 fully saturated rings. The van der Waals surface area contributed by atoms with Gasteiger partial charge in [0.05, 0.1) is 0 Å². The number of hydrogen-bond acceptors (Lipinski definition) is 2. The molecule has 1 N–H and O–H groups in total. The number of hydrogen-bond donors (Lipinski definition) is 1. The molecular weight excluding hydrogens is 218 g/mol. The standard InChI is InChI=1S/C13H21NOS/c1-10-5-6-13(7-11(10)2)9-14-8-12(3)16(4)15/h5-7,12,14H,8-9H2,1-4H3. The lowest BCUT2D eigenvalue weighted by molar-refractivity contribution is 0.647. The van der Waals surface area contributed by atoms with E-state index < -0.39 is 10.8 Å². The molecule has 0 bridgehead atoms. The van der Waals surface area contributed by atoms with Crippen LogP contribution in [-0.2, 0) is 17.3 Å². The molecule has 1 aromatic rings. The van der Waals surface area contributed by atoms with E-state index >= 15 is 0 Å². The van der Waals surface area contributed by atoms with Crippen molar-refractivity contribution in [1.29, 1.82) is 0 Å². The van der Waals surface area contributed by atoms with E-state index in [1.807, 2.05) is 6.92 Å². The summed E-state index contributed by atoms with van der Waals surface area (Å²) >= 11 is 0. The Morgan fingerprint density at radius 3 is 2.56 bits per heavy atom. The van der Waals surface area contributed by atoms with E-state index in [0.29, 0.717) is 0 Å². The van der Waals surface area contributed by atoms with E-state index in [9.17, 15) is 4.21 Å². The van der Waals surface area contributed by atoms with Crippen molar-refractivity contribution in [2.75, 3.05) is 12.8 Å². The van der Waals surface area contributed by atoms with Gasteiger partial charge in [-0.05, 0) is 37.5 Å². The highest BCUT2D eigenvalue weighted by Gasteiger charge is 2.04. The second kappa shape index (κ2) is 6.16. The van der Waals surface area contributed by atoms with Crippen molar-refractivity contribution in [3.8, 4) is 0 Å². The summed E-state index contributed by atoms with van der Waals surface area (Å²) in [6.45, 7) is 7.90. The number of rotatable bonds is 5. The van der Waals surface area contributed by atoms with Crippen LogP contribution in [-0.4, -0.2) is 22.3 Å². The van der Waals surface area contributed by atoms with Crippen LogP contribution in [0.2, 0.25) is 0 Å². The highest BCUT2D eigenvalue weighted by Crippen LogP contribution is 2.09. The van der Waals surface area contributed by atoms with Gasteiger partial charge < -0.3 is 5.32 Å². The fraction of sp³-hybridized carbons (Fsp3) is 0.538. The normalized spacial score (nSPS) is 14.8. The van der Waals surface area contributed by atoms with Crippen molar-refractivity contribution >= 4 is 10.8 Å². The van der Waals surface area contributed by atoms with Crippen LogP contribution in [0.15, 0.2) is 18.2 Å². The van der Waals surface area contributed by atoms with E-state index in [1.54, 1.807) is 6.26 Å². The molecule has 0 amide bonds. The van der Waals surface area contributed by atoms with Crippen molar-refractivity contribution in [3.05, 3.63) is 34.9 Å². The lowest BCUT2D eigenvalue weighted by Crippen LogP contribution is -2.27. The molecule has 2 unspecified atom stereocenters. The average molecular weight is 239 g/mol. The minimum Gasteiger partial charge on any atom is -0.311 e. The predicted molar refractivity (Wildman–Crippen MR) is 71.2 cm³/mol. The first-order valence-corrected chi connectivity index (χ1v) is 7.22. The maximum absolute atomic E-state index is 11.2.